The Morgan fingerprint density at radius 3 is 2.54 bits per heavy atom. The van der Waals surface area contributed by atoms with Crippen molar-refractivity contribution in [3.05, 3.63) is 34.3 Å². The highest BCUT2D eigenvalue weighted by molar-refractivity contribution is 6.31. The van der Waals surface area contributed by atoms with E-state index in [9.17, 15) is 27.9 Å². The van der Waals surface area contributed by atoms with Gasteiger partial charge in [-0.1, -0.05) is 18.5 Å². The Morgan fingerprint density at radius 2 is 2.08 bits per heavy atom. The maximum Gasteiger partial charge on any atom is 0.416 e. The van der Waals surface area contributed by atoms with Gasteiger partial charge in [-0.2, -0.15) is 13.2 Å². The van der Waals surface area contributed by atoms with Crippen molar-refractivity contribution in [2.75, 3.05) is 0 Å². The molecular formula is C17H16ClF3O3. The molecule has 24 heavy (non-hydrogen) atoms. The Morgan fingerprint density at radius 1 is 1.42 bits per heavy atom. The monoisotopic (exact) mass is 360 g/mol. The Labute approximate surface area is 141 Å². The Balaban J connectivity index is 1.79. The summed E-state index contributed by atoms with van der Waals surface area (Å²) < 4.78 is 38.5. The van der Waals surface area contributed by atoms with Crippen LogP contribution in [0.15, 0.2) is 18.2 Å². The molecule has 3 rings (SSSR count). The number of hydrogen-bond acceptors (Lipinski definition) is 2. The van der Waals surface area contributed by atoms with Crippen molar-refractivity contribution in [1.29, 1.82) is 0 Å². The van der Waals surface area contributed by atoms with Crippen molar-refractivity contribution < 1.29 is 27.9 Å². The highest BCUT2D eigenvalue weighted by Crippen LogP contribution is 2.69. The number of carboxylic acid groups (broad SMARTS) is 1. The molecule has 1 aromatic carbocycles. The SMILES string of the molecule is CCC1(C(=O)O)C2CC(Cc3cc(C(F)(F)F)ccc3Cl)C(=O)C21. The summed E-state index contributed by atoms with van der Waals surface area (Å²) in [6.07, 6.45) is -3.56. The van der Waals surface area contributed by atoms with E-state index >= 15 is 0 Å². The van der Waals surface area contributed by atoms with Crippen molar-refractivity contribution in [2.45, 2.75) is 32.4 Å². The van der Waals surface area contributed by atoms with Gasteiger partial charge in [0, 0.05) is 16.9 Å². The van der Waals surface area contributed by atoms with Gasteiger partial charge < -0.3 is 5.11 Å². The lowest BCUT2D eigenvalue weighted by atomic mass is 9.84. The minimum Gasteiger partial charge on any atom is -0.481 e. The summed E-state index contributed by atoms with van der Waals surface area (Å²) in [4.78, 5) is 23.9. The Kier molecular flexibility index (Phi) is 3.94. The molecule has 0 aromatic heterocycles. The first-order chi connectivity index (χ1) is 11.1. The van der Waals surface area contributed by atoms with Gasteiger partial charge in [0.1, 0.15) is 5.78 Å². The van der Waals surface area contributed by atoms with Crippen LogP contribution in [0.5, 0.6) is 0 Å². The van der Waals surface area contributed by atoms with Crippen LogP contribution in [0.4, 0.5) is 13.2 Å². The Hall–Kier alpha value is -1.56. The van der Waals surface area contributed by atoms with Crippen LogP contribution in [0.3, 0.4) is 0 Å². The lowest BCUT2D eigenvalue weighted by Crippen LogP contribution is -2.27. The van der Waals surface area contributed by atoms with E-state index in [1.165, 1.54) is 6.07 Å². The van der Waals surface area contributed by atoms with Crippen molar-refractivity contribution in [2.24, 2.45) is 23.2 Å². The maximum atomic E-state index is 12.8. The zero-order valence-electron chi connectivity index (χ0n) is 12.9. The van der Waals surface area contributed by atoms with Gasteiger partial charge in [0.2, 0.25) is 0 Å². The zero-order valence-corrected chi connectivity index (χ0v) is 13.6. The first-order valence-corrected chi connectivity index (χ1v) is 8.13. The van der Waals surface area contributed by atoms with Crippen LogP contribution in [0.2, 0.25) is 5.02 Å². The number of halogens is 4. The summed E-state index contributed by atoms with van der Waals surface area (Å²) in [6.45, 7) is 1.75. The molecule has 0 bridgehead atoms. The number of alkyl halides is 3. The van der Waals surface area contributed by atoms with Crippen LogP contribution in [0.1, 0.15) is 30.9 Å². The van der Waals surface area contributed by atoms with E-state index < -0.39 is 35.0 Å². The largest absolute Gasteiger partial charge is 0.481 e. The predicted octanol–water partition coefficient (Wildman–Crippen LogP) is 4.22. The van der Waals surface area contributed by atoms with E-state index in [2.05, 4.69) is 0 Å². The van der Waals surface area contributed by atoms with Crippen molar-refractivity contribution in [3.63, 3.8) is 0 Å². The van der Waals surface area contributed by atoms with E-state index in [0.29, 0.717) is 12.8 Å². The van der Waals surface area contributed by atoms with Crippen molar-refractivity contribution in [1.82, 2.24) is 0 Å². The number of fused-ring (bicyclic) bond motifs is 1. The number of ketones is 1. The number of hydrogen-bond donors (Lipinski definition) is 1. The number of rotatable bonds is 4. The number of carbonyl (C=O) groups is 2. The molecule has 1 N–H and O–H groups in total. The number of benzene rings is 1. The first-order valence-electron chi connectivity index (χ1n) is 7.75. The van der Waals surface area contributed by atoms with Gasteiger partial charge >= 0.3 is 12.1 Å². The van der Waals surface area contributed by atoms with Crippen LogP contribution < -0.4 is 0 Å². The molecule has 4 unspecified atom stereocenters. The smallest absolute Gasteiger partial charge is 0.416 e. The van der Waals surface area contributed by atoms with Crippen LogP contribution in [0, 0.1) is 23.2 Å². The second kappa shape index (κ2) is 5.48. The van der Waals surface area contributed by atoms with Crippen molar-refractivity contribution >= 4 is 23.4 Å². The number of carbonyl (C=O) groups excluding carboxylic acids is 1. The second-order valence-electron chi connectivity index (χ2n) is 6.63. The molecule has 3 nitrogen and oxygen atoms in total. The number of carboxylic acids is 1. The molecule has 0 heterocycles. The van der Waals surface area contributed by atoms with Crippen LogP contribution in [-0.2, 0) is 22.2 Å². The van der Waals surface area contributed by atoms with Crippen molar-refractivity contribution in [3.8, 4) is 0 Å². The van der Waals surface area contributed by atoms with E-state index in [0.717, 1.165) is 12.1 Å². The number of Topliss-reactive ketones (excluding diaryl/α,β-unsaturated/α-hetero) is 1. The molecule has 2 aliphatic rings. The van der Waals surface area contributed by atoms with E-state index in [4.69, 9.17) is 11.6 Å². The summed E-state index contributed by atoms with van der Waals surface area (Å²) in [7, 11) is 0. The lowest BCUT2D eigenvalue weighted by molar-refractivity contribution is -0.147. The molecule has 1 aromatic rings. The fourth-order valence-corrected chi connectivity index (χ4v) is 4.47. The summed E-state index contributed by atoms with van der Waals surface area (Å²) >= 11 is 5.98. The quantitative estimate of drug-likeness (QED) is 0.874. The molecular weight excluding hydrogens is 345 g/mol. The molecule has 0 amide bonds. The fraction of sp³-hybridized carbons (Fsp3) is 0.529. The molecule has 0 saturated heterocycles. The van der Waals surface area contributed by atoms with E-state index in [1.807, 2.05) is 0 Å². The molecule has 130 valence electrons. The topological polar surface area (TPSA) is 54.4 Å². The van der Waals surface area contributed by atoms with E-state index in [-0.39, 0.29) is 28.7 Å². The fourth-order valence-electron chi connectivity index (χ4n) is 4.28. The normalized spacial score (nSPS) is 31.9. The minimum absolute atomic E-state index is 0.119. The third kappa shape index (κ3) is 2.42. The highest BCUT2D eigenvalue weighted by Gasteiger charge is 2.75. The summed E-state index contributed by atoms with van der Waals surface area (Å²) in [6, 6.07) is 3.07. The molecule has 0 spiro atoms. The molecule has 2 aliphatic carbocycles. The van der Waals surface area contributed by atoms with Gasteiger partial charge in [0.15, 0.2) is 0 Å². The summed E-state index contributed by atoms with van der Waals surface area (Å²) in [5.74, 6) is -2.28. The molecule has 2 fully saturated rings. The number of aliphatic carboxylic acids is 1. The average molecular weight is 361 g/mol. The van der Waals surface area contributed by atoms with Crippen LogP contribution >= 0.6 is 11.6 Å². The average Bonchev–Trinajstić information content (AvgIpc) is 3.04. The first kappa shape index (κ1) is 17.3. The maximum absolute atomic E-state index is 12.8. The van der Waals surface area contributed by atoms with Gasteiger partial charge in [-0.3, -0.25) is 9.59 Å². The lowest BCUT2D eigenvalue weighted by Gasteiger charge is -2.19. The van der Waals surface area contributed by atoms with Gasteiger partial charge in [-0.05, 0) is 48.9 Å². The van der Waals surface area contributed by atoms with Gasteiger partial charge in [0.05, 0.1) is 11.0 Å². The second-order valence-corrected chi connectivity index (χ2v) is 7.03. The van der Waals surface area contributed by atoms with Gasteiger partial charge in [0.25, 0.3) is 0 Å². The van der Waals surface area contributed by atoms with Crippen LogP contribution in [-0.4, -0.2) is 16.9 Å². The summed E-state index contributed by atoms with van der Waals surface area (Å²) in [5.41, 5.74) is -1.49. The van der Waals surface area contributed by atoms with E-state index in [1.54, 1.807) is 6.92 Å². The zero-order chi connectivity index (χ0) is 17.9. The minimum atomic E-state index is -4.47. The molecule has 0 radical (unpaired) electrons. The standard InChI is InChI=1S/C17H16ClF3O3/c1-2-16(15(23)24)11-7-9(14(22)13(11)16)5-8-6-10(17(19,20)21)3-4-12(8)18/h3-4,6,9,11,13H,2,5,7H2,1H3,(H,23,24). The third-order valence-corrected chi connectivity index (χ3v) is 5.95. The van der Waals surface area contributed by atoms with Gasteiger partial charge in [-0.15, -0.1) is 0 Å². The van der Waals surface area contributed by atoms with Crippen LogP contribution in [0.25, 0.3) is 0 Å². The molecule has 0 aliphatic heterocycles. The predicted molar refractivity (Wildman–Crippen MR) is 80.6 cm³/mol. The third-order valence-electron chi connectivity index (χ3n) is 5.58. The highest BCUT2D eigenvalue weighted by atomic mass is 35.5. The molecule has 7 heteroatoms. The van der Waals surface area contributed by atoms with Gasteiger partial charge in [-0.25, -0.2) is 0 Å². The molecule has 4 atom stereocenters. The molecule has 2 saturated carbocycles. The summed E-state index contributed by atoms with van der Waals surface area (Å²) in [5, 5.41) is 9.57. The Bertz CT molecular complexity index is 716.